The minimum atomic E-state index is -0.448. The molecule has 1 aromatic rings. The van der Waals surface area contributed by atoms with E-state index in [1.165, 1.54) is 0 Å². The predicted octanol–water partition coefficient (Wildman–Crippen LogP) is 3.27. The molecule has 1 rings (SSSR count). The maximum atomic E-state index is 11.9. The van der Waals surface area contributed by atoms with Gasteiger partial charge in [0.25, 0.3) is 0 Å². The third kappa shape index (κ3) is 4.39. The maximum absolute atomic E-state index is 11.9. The minimum absolute atomic E-state index is 0.263. The van der Waals surface area contributed by atoms with Crippen LogP contribution in [-0.4, -0.2) is 18.5 Å². The maximum Gasteiger partial charge on any atom is 0.341 e. The zero-order chi connectivity index (χ0) is 14.3. The highest BCUT2D eigenvalue weighted by Crippen LogP contribution is 2.24. The van der Waals surface area contributed by atoms with Crippen molar-refractivity contribution in [2.75, 3.05) is 6.61 Å². The Balaban J connectivity index is 2.90. The first-order valence-corrected chi connectivity index (χ1v) is 6.57. The number of carbonyl (C=O) groups excluding carboxylic acids is 2. The van der Waals surface area contributed by atoms with E-state index in [9.17, 15) is 9.59 Å². The van der Waals surface area contributed by atoms with Crippen molar-refractivity contribution in [3.63, 3.8) is 0 Å². The molecule has 0 unspecified atom stereocenters. The number of aryl methyl sites for hydroxylation is 1. The Kier molecular flexibility index (Phi) is 6.06. The smallest absolute Gasteiger partial charge is 0.341 e. The van der Waals surface area contributed by atoms with Crippen LogP contribution in [0.25, 0.3) is 0 Å². The average molecular weight is 264 g/mol. The zero-order valence-electron chi connectivity index (χ0n) is 11.7. The lowest BCUT2D eigenvalue weighted by Crippen LogP contribution is -2.13. The van der Waals surface area contributed by atoms with Crippen LogP contribution in [0.4, 0.5) is 0 Å². The van der Waals surface area contributed by atoms with Gasteiger partial charge in [0.2, 0.25) is 0 Å². The average Bonchev–Trinajstić information content (AvgIpc) is 2.41. The first kappa shape index (κ1) is 15.2. The van der Waals surface area contributed by atoms with E-state index in [0.29, 0.717) is 17.9 Å². The van der Waals surface area contributed by atoms with Gasteiger partial charge >= 0.3 is 11.9 Å². The first-order valence-electron chi connectivity index (χ1n) is 6.57. The monoisotopic (exact) mass is 264 g/mol. The SMILES string of the molecule is CCCCOC(=O)c1cccc(C)c1OC(=O)CC. The van der Waals surface area contributed by atoms with Gasteiger partial charge in [-0.05, 0) is 25.0 Å². The van der Waals surface area contributed by atoms with Crippen LogP contribution in [0.15, 0.2) is 18.2 Å². The third-order valence-electron chi connectivity index (χ3n) is 2.67. The predicted molar refractivity (Wildman–Crippen MR) is 72.3 cm³/mol. The quantitative estimate of drug-likeness (QED) is 0.449. The molecule has 0 saturated carbocycles. The standard InChI is InChI=1S/C15H20O4/c1-4-6-10-18-15(17)12-9-7-8-11(3)14(12)19-13(16)5-2/h7-9H,4-6,10H2,1-3H3. The molecule has 0 spiro atoms. The van der Waals surface area contributed by atoms with Crippen molar-refractivity contribution in [3.05, 3.63) is 29.3 Å². The second-order valence-electron chi connectivity index (χ2n) is 4.27. The van der Waals surface area contributed by atoms with E-state index < -0.39 is 5.97 Å². The summed E-state index contributed by atoms with van der Waals surface area (Å²) < 4.78 is 10.4. The molecule has 19 heavy (non-hydrogen) atoms. The molecule has 0 radical (unpaired) electrons. The molecule has 4 nitrogen and oxygen atoms in total. The van der Waals surface area contributed by atoms with Crippen LogP contribution in [0, 0.1) is 6.92 Å². The molecule has 104 valence electrons. The van der Waals surface area contributed by atoms with Crippen molar-refractivity contribution in [3.8, 4) is 5.75 Å². The van der Waals surface area contributed by atoms with Crippen molar-refractivity contribution >= 4 is 11.9 Å². The van der Waals surface area contributed by atoms with Crippen molar-refractivity contribution < 1.29 is 19.1 Å². The van der Waals surface area contributed by atoms with Crippen LogP contribution >= 0.6 is 0 Å². The van der Waals surface area contributed by atoms with Gasteiger partial charge in [0.1, 0.15) is 11.3 Å². The fraction of sp³-hybridized carbons (Fsp3) is 0.467. The molecule has 0 atom stereocenters. The Morgan fingerprint density at radius 3 is 2.58 bits per heavy atom. The molecule has 0 heterocycles. The van der Waals surface area contributed by atoms with Crippen molar-refractivity contribution in [1.82, 2.24) is 0 Å². The molecule has 0 saturated heterocycles. The first-order chi connectivity index (χ1) is 9.10. The third-order valence-corrected chi connectivity index (χ3v) is 2.67. The van der Waals surface area contributed by atoms with E-state index in [1.54, 1.807) is 32.0 Å². The van der Waals surface area contributed by atoms with E-state index in [0.717, 1.165) is 18.4 Å². The minimum Gasteiger partial charge on any atom is -0.462 e. The van der Waals surface area contributed by atoms with Crippen LogP contribution in [0.2, 0.25) is 0 Å². The number of ether oxygens (including phenoxy) is 2. The number of rotatable bonds is 6. The fourth-order valence-corrected chi connectivity index (χ4v) is 1.52. The molecule has 0 fully saturated rings. The molecule has 0 aliphatic heterocycles. The van der Waals surface area contributed by atoms with Crippen LogP contribution in [-0.2, 0) is 9.53 Å². The highest BCUT2D eigenvalue weighted by atomic mass is 16.5. The summed E-state index contributed by atoms with van der Waals surface area (Å²) in [6.07, 6.45) is 2.04. The number of hydrogen-bond donors (Lipinski definition) is 0. The highest BCUT2D eigenvalue weighted by Gasteiger charge is 2.17. The van der Waals surface area contributed by atoms with Gasteiger partial charge in [-0.15, -0.1) is 0 Å². The number of hydrogen-bond acceptors (Lipinski definition) is 4. The summed E-state index contributed by atoms with van der Waals surface area (Å²) in [5.41, 5.74) is 1.05. The van der Waals surface area contributed by atoms with Gasteiger partial charge in [0.05, 0.1) is 6.61 Å². The van der Waals surface area contributed by atoms with Gasteiger partial charge in [-0.3, -0.25) is 4.79 Å². The zero-order valence-corrected chi connectivity index (χ0v) is 11.7. The van der Waals surface area contributed by atoms with E-state index in [2.05, 4.69) is 0 Å². The van der Waals surface area contributed by atoms with E-state index >= 15 is 0 Å². The summed E-state index contributed by atoms with van der Waals surface area (Å²) in [4.78, 5) is 23.3. The summed E-state index contributed by atoms with van der Waals surface area (Å²) >= 11 is 0. The van der Waals surface area contributed by atoms with Crippen LogP contribution in [0.1, 0.15) is 49.0 Å². The summed E-state index contributed by atoms with van der Waals surface area (Å²) in [6, 6.07) is 5.15. The normalized spacial score (nSPS) is 10.1. The van der Waals surface area contributed by atoms with E-state index in [1.807, 2.05) is 6.92 Å². The van der Waals surface area contributed by atoms with Crippen molar-refractivity contribution in [2.24, 2.45) is 0 Å². The Labute approximate surface area is 113 Å². The van der Waals surface area contributed by atoms with Crippen LogP contribution < -0.4 is 4.74 Å². The molecule has 0 N–H and O–H groups in total. The summed E-state index contributed by atoms with van der Waals surface area (Å²) in [5, 5.41) is 0. The van der Waals surface area contributed by atoms with Gasteiger partial charge < -0.3 is 9.47 Å². The van der Waals surface area contributed by atoms with Gasteiger partial charge in [-0.25, -0.2) is 4.79 Å². The molecule has 0 aromatic heterocycles. The molecule has 0 aliphatic rings. The van der Waals surface area contributed by atoms with E-state index in [4.69, 9.17) is 9.47 Å². The van der Waals surface area contributed by atoms with Gasteiger partial charge in [0.15, 0.2) is 0 Å². The second-order valence-corrected chi connectivity index (χ2v) is 4.27. The van der Waals surface area contributed by atoms with Crippen molar-refractivity contribution in [1.29, 1.82) is 0 Å². The highest BCUT2D eigenvalue weighted by molar-refractivity contribution is 5.94. The Morgan fingerprint density at radius 2 is 1.95 bits per heavy atom. The molecule has 0 bridgehead atoms. The molecule has 1 aromatic carbocycles. The number of carbonyl (C=O) groups is 2. The fourth-order valence-electron chi connectivity index (χ4n) is 1.52. The molecular weight excluding hydrogens is 244 g/mol. The van der Waals surface area contributed by atoms with Gasteiger partial charge in [-0.2, -0.15) is 0 Å². The van der Waals surface area contributed by atoms with Gasteiger partial charge in [-0.1, -0.05) is 32.4 Å². The lowest BCUT2D eigenvalue weighted by Gasteiger charge is -2.11. The number of benzene rings is 1. The second kappa shape index (κ2) is 7.56. The van der Waals surface area contributed by atoms with Crippen LogP contribution in [0.5, 0.6) is 5.75 Å². The summed E-state index contributed by atoms with van der Waals surface area (Å²) in [6.45, 7) is 5.90. The lowest BCUT2D eigenvalue weighted by atomic mass is 10.1. The lowest BCUT2D eigenvalue weighted by molar-refractivity contribution is -0.134. The molecule has 4 heteroatoms. The molecule has 0 aliphatic carbocycles. The van der Waals surface area contributed by atoms with Crippen molar-refractivity contribution in [2.45, 2.75) is 40.0 Å². The number of esters is 2. The number of para-hydroxylation sites is 1. The topological polar surface area (TPSA) is 52.6 Å². The van der Waals surface area contributed by atoms with Gasteiger partial charge in [0, 0.05) is 6.42 Å². The summed E-state index contributed by atoms with van der Waals surface area (Å²) in [7, 11) is 0. The summed E-state index contributed by atoms with van der Waals surface area (Å²) in [5.74, 6) is -0.510. The molecule has 0 amide bonds. The van der Waals surface area contributed by atoms with E-state index in [-0.39, 0.29) is 12.4 Å². The molecular formula is C15H20O4. The Bertz CT molecular complexity index is 451. The Hall–Kier alpha value is -1.84. The largest absolute Gasteiger partial charge is 0.462 e. The Morgan fingerprint density at radius 1 is 1.21 bits per heavy atom. The van der Waals surface area contributed by atoms with Crippen LogP contribution in [0.3, 0.4) is 0 Å². The number of unbranched alkanes of at least 4 members (excludes halogenated alkanes) is 1.